The molecular weight excluding hydrogens is 158 g/mol. The van der Waals surface area contributed by atoms with Gasteiger partial charge in [-0.25, -0.2) is 0 Å². The van der Waals surface area contributed by atoms with Gasteiger partial charge >= 0.3 is 0 Å². The second-order valence-electron chi connectivity index (χ2n) is 3.39. The van der Waals surface area contributed by atoms with Gasteiger partial charge in [-0.2, -0.15) is 0 Å². The summed E-state index contributed by atoms with van der Waals surface area (Å²) in [6, 6.07) is 10.6. The molecule has 0 fully saturated rings. The van der Waals surface area contributed by atoms with Gasteiger partial charge in [-0.05, 0) is 32.0 Å². The Labute approximate surface area is 81.4 Å². The zero-order chi connectivity index (χ0) is 9.52. The highest BCUT2D eigenvalue weighted by Crippen LogP contribution is 2.00. The summed E-state index contributed by atoms with van der Waals surface area (Å²) in [6.45, 7) is 6.05. The molecule has 0 atom stereocenters. The van der Waals surface area contributed by atoms with Crippen LogP contribution in [0.25, 0.3) is 0 Å². The standard InChI is InChI=1S/C12H18N/c1-3-10-13(2)11-9-12-7-5-4-6-8-12/h4-8H,1,3,9-11H2,2H3. The van der Waals surface area contributed by atoms with E-state index in [9.17, 15) is 0 Å². The van der Waals surface area contributed by atoms with Crippen molar-refractivity contribution in [1.82, 2.24) is 4.90 Å². The lowest BCUT2D eigenvalue weighted by atomic mass is 10.1. The summed E-state index contributed by atoms with van der Waals surface area (Å²) >= 11 is 0. The van der Waals surface area contributed by atoms with Crippen LogP contribution in [0.4, 0.5) is 0 Å². The maximum absolute atomic E-state index is 3.84. The van der Waals surface area contributed by atoms with E-state index in [4.69, 9.17) is 0 Å². The predicted molar refractivity (Wildman–Crippen MR) is 57.6 cm³/mol. The summed E-state index contributed by atoms with van der Waals surface area (Å²) in [7, 11) is 2.15. The van der Waals surface area contributed by atoms with E-state index >= 15 is 0 Å². The molecule has 0 aliphatic rings. The van der Waals surface area contributed by atoms with Crippen molar-refractivity contribution in [1.29, 1.82) is 0 Å². The Kier molecular flexibility index (Phi) is 4.55. The molecule has 0 heterocycles. The molecule has 0 bridgehead atoms. The van der Waals surface area contributed by atoms with Gasteiger partial charge in [0.15, 0.2) is 0 Å². The molecule has 1 aromatic carbocycles. The van der Waals surface area contributed by atoms with Crippen molar-refractivity contribution in [3.8, 4) is 0 Å². The van der Waals surface area contributed by atoms with E-state index in [1.165, 1.54) is 5.56 Å². The molecule has 0 spiro atoms. The lowest BCUT2D eigenvalue weighted by molar-refractivity contribution is 0.345. The molecule has 0 aromatic heterocycles. The Balaban J connectivity index is 2.27. The third-order valence-corrected chi connectivity index (χ3v) is 2.16. The summed E-state index contributed by atoms with van der Waals surface area (Å²) < 4.78 is 0. The molecule has 0 saturated carbocycles. The Morgan fingerprint density at radius 3 is 2.46 bits per heavy atom. The molecule has 0 unspecified atom stereocenters. The van der Waals surface area contributed by atoms with E-state index in [-0.39, 0.29) is 0 Å². The second kappa shape index (κ2) is 5.76. The lowest BCUT2D eigenvalue weighted by Crippen LogP contribution is -2.21. The van der Waals surface area contributed by atoms with Gasteiger partial charge in [0.05, 0.1) is 0 Å². The highest BCUT2D eigenvalue weighted by Gasteiger charge is 1.96. The van der Waals surface area contributed by atoms with Crippen LogP contribution in [0.3, 0.4) is 0 Å². The van der Waals surface area contributed by atoms with Crippen LogP contribution in [0, 0.1) is 6.92 Å². The quantitative estimate of drug-likeness (QED) is 0.666. The van der Waals surface area contributed by atoms with Crippen LogP contribution in [-0.4, -0.2) is 25.0 Å². The summed E-state index contributed by atoms with van der Waals surface area (Å²) in [5.74, 6) is 0. The van der Waals surface area contributed by atoms with Crippen LogP contribution in [0.1, 0.15) is 12.0 Å². The van der Waals surface area contributed by atoms with Gasteiger partial charge < -0.3 is 4.90 Å². The fourth-order valence-electron chi connectivity index (χ4n) is 1.35. The van der Waals surface area contributed by atoms with Crippen LogP contribution < -0.4 is 0 Å². The van der Waals surface area contributed by atoms with Crippen molar-refractivity contribution in [3.05, 3.63) is 42.8 Å². The molecule has 1 aromatic rings. The monoisotopic (exact) mass is 176 g/mol. The molecule has 0 aliphatic carbocycles. The van der Waals surface area contributed by atoms with Crippen molar-refractivity contribution in [3.63, 3.8) is 0 Å². The normalized spacial score (nSPS) is 10.7. The van der Waals surface area contributed by atoms with Gasteiger partial charge in [0.2, 0.25) is 0 Å². The predicted octanol–water partition coefficient (Wildman–Crippen LogP) is 2.39. The fourth-order valence-corrected chi connectivity index (χ4v) is 1.35. The van der Waals surface area contributed by atoms with Crippen molar-refractivity contribution in [2.45, 2.75) is 12.8 Å². The van der Waals surface area contributed by atoms with Gasteiger partial charge in [0, 0.05) is 6.54 Å². The number of likely N-dealkylation sites (N-methyl/N-ethyl adjacent to an activating group) is 1. The largest absolute Gasteiger partial charge is 0.306 e. The molecule has 0 aliphatic heterocycles. The van der Waals surface area contributed by atoms with Gasteiger partial charge in [0.25, 0.3) is 0 Å². The van der Waals surface area contributed by atoms with Gasteiger partial charge in [-0.3, -0.25) is 0 Å². The minimum Gasteiger partial charge on any atom is -0.306 e. The van der Waals surface area contributed by atoms with Gasteiger partial charge in [0.1, 0.15) is 0 Å². The average molecular weight is 176 g/mol. The Morgan fingerprint density at radius 2 is 1.85 bits per heavy atom. The molecule has 1 heteroatoms. The Hall–Kier alpha value is -0.820. The molecule has 1 nitrogen and oxygen atoms in total. The lowest BCUT2D eigenvalue weighted by Gasteiger charge is -2.14. The number of nitrogens with zero attached hydrogens (tertiary/aromatic N) is 1. The molecule has 1 rings (SSSR count). The second-order valence-corrected chi connectivity index (χ2v) is 3.39. The van der Waals surface area contributed by atoms with E-state index in [1.54, 1.807) is 0 Å². The Bertz CT molecular complexity index is 218. The zero-order valence-electron chi connectivity index (χ0n) is 8.37. The molecule has 0 N–H and O–H groups in total. The molecule has 0 amide bonds. The third kappa shape index (κ3) is 4.09. The van der Waals surface area contributed by atoms with E-state index in [0.29, 0.717) is 0 Å². The number of benzene rings is 1. The minimum absolute atomic E-state index is 0.991. The molecule has 1 radical (unpaired) electrons. The number of hydrogen-bond acceptors (Lipinski definition) is 1. The van der Waals surface area contributed by atoms with E-state index < -0.39 is 0 Å². The summed E-state index contributed by atoms with van der Waals surface area (Å²) in [5, 5.41) is 0. The highest BCUT2D eigenvalue weighted by molar-refractivity contribution is 5.14. The van der Waals surface area contributed by atoms with Crippen LogP contribution >= 0.6 is 0 Å². The highest BCUT2D eigenvalue weighted by atomic mass is 15.1. The Morgan fingerprint density at radius 1 is 1.15 bits per heavy atom. The first-order chi connectivity index (χ1) is 6.33. The summed E-state index contributed by atoms with van der Waals surface area (Å²) in [4.78, 5) is 2.32. The van der Waals surface area contributed by atoms with Crippen LogP contribution in [-0.2, 0) is 6.42 Å². The van der Waals surface area contributed by atoms with E-state index in [1.807, 2.05) is 0 Å². The zero-order valence-corrected chi connectivity index (χ0v) is 8.37. The maximum atomic E-state index is 3.84. The van der Waals surface area contributed by atoms with Gasteiger partial charge in [-0.1, -0.05) is 37.3 Å². The first-order valence-corrected chi connectivity index (χ1v) is 4.84. The minimum atomic E-state index is 0.991. The van der Waals surface area contributed by atoms with Crippen molar-refractivity contribution in [2.75, 3.05) is 20.1 Å². The van der Waals surface area contributed by atoms with Crippen LogP contribution in [0.15, 0.2) is 30.3 Å². The van der Waals surface area contributed by atoms with E-state index in [2.05, 4.69) is 49.2 Å². The van der Waals surface area contributed by atoms with Crippen LogP contribution in [0.5, 0.6) is 0 Å². The van der Waals surface area contributed by atoms with Crippen molar-refractivity contribution in [2.24, 2.45) is 0 Å². The fraction of sp³-hybridized carbons (Fsp3) is 0.417. The van der Waals surface area contributed by atoms with E-state index in [0.717, 1.165) is 25.9 Å². The summed E-state index contributed by atoms with van der Waals surface area (Å²) in [6.07, 6.45) is 2.13. The molecule has 71 valence electrons. The SMILES string of the molecule is [CH2]CCN(C)CCc1ccccc1. The van der Waals surface area contributed by atoms with Crippen molar-refractivity contribution < 1.29 is 0 Å². The first kappa shape index (κ1) is 10.3. The van der Waals surface area contributed by atoms with Crippen LogP contribution in [0.2, 0.25) is 0 Å². The maximum Gasteiger partial charge on any atom is 0.00188 e. The average Bonchev–Trinajstić information content (AvgIpc) is 2.17. The molecule has 0 saturated heterocycles. The summed E-state index contributed by atoms with van der Waals surface area (Å²) in [5.41, 5.74) is 1.42. The smallest absolute Gasteiger partial charge is 0.00188 e. The first-order valence-electron chi connectivity index (χ1n) is 4.84. The van der Waals surface area contributed by atoms with Crippen molar-refractivity contribution >= 4 is 0 Å². The molecule has 13 heavy (non-hydrogen) atoms. The number of hydrogen-bond donors (Lipinski definition) is 0. The topological polar surface area (TPSA) is 3.24 Å². The van der Waals surface area contributed by atoms with Gasteiger partial charge in [-0.15, -0.1) is 0 Å². The molecular formula is C12H18N. The number of rotatable bonds is 5. The third-order valence-electron chi connectivity index (χ3n) is 2.16.